The molecule has 2 N–H and O–H groups in total. The van der Waals surface area contributed by atoms with Gasteiger partial charge in [0.25, 0.3) is 5.91 Å². The van der Waals surface area contributed by atoms with E-state index in [9.17, 15) is 9.59 Å². The highest BCUT2D eigenvalue weighted by Gasteiger charge is 2.19. The highest BCUT2D eigenvalue weighted by atomic mass is 32.1. The maximum absolute atomic E-state index is 11.7. The molecule has 0 saturated carbocycles. The van der Waals surface area contributed by atoms with Gasteiger partial charge in [0, 0.05) is 6.04 Å². The summed E-state index contributed by atoms with van der Waals surface area (Å²) in [6, 6.07) is 0.142. The van der Waals surface area contributed by atoms with Crippen molar-refractivity contribution in [3.63, 3.8) is 0 Å². The zero-order chi connectivity index (χ0) is 16.0. The van der Waals surface area contributed by atoms with Gasteiger partial charge in [-0.3, -0.25) is 4.79 Å². The lowest BCUT2D eigenvalue weighted by atomic mass is 10.4. The van der Waals surface area contributed by atoms with Crippen LogP contribution < -0.4 is 10.2 Å². The molecule has 1 amide bonds. The Morgan fingerprint density at radius 1 is 1.43 bits per heavy atom. The molecule has 1 heterocycles. The van der Waals surface area contributed by atoms with Crippen LogP contribution in [0.4, 0.5) is 0 Å². The second-order valence-corrected chi connectivity index (χ2v) is 6.36. The number of nitrogens with zero attached hydrogens (tertiary/aromatic N) is 1. The number of aryl methyl sites for hydroxylation is 1. The Bertz CT molecular complexity index is 500. The summed E-state index contributed by atoms with van der Waals surface area (Å²) in [7, 11) is 1.93. The van der Waals surface area contributed by atoms with Crippen molar-refractivity contribution in [1.82, 2.24) is 10.3 Å². The molecule has 7 heteroatoms. The Morgan fingerprint density at radius 2 is 2.10 bits per heavy atom. The lowest BCUT2D eigenvalue weighted by Gasteiger charge is -2.13. The molecule has 21 heavy (non-hydrogen) atoms. The van der Waals surface area contributed by atoms with Crippen LogP contribution in [0.15, 0.2) is 0 Å². The summed E-state index contributed by atoms with van der Waals surface area (Å²) in [5, 5.41) is 3.70. The first-order valence-corrected chi connectivity index (χ1v) is 7.89. The number of amides is 1. The summed E-state index contributed by atoms with van der Waals surface area (Å²) in [5.74, 6) is -0.310. The Hall–Kier alpha value is -1.47. The van der Waals surface area contributed by atoms with Crippen LogP contribution in [-0.4, -0.2) is 43.1 Å². The molecule has 0 aliphatic rings. The molecular formula is C14H24N3O3S+. The van der Waals surface area contributed by atoms with Crippen molar-refractivity contribution in [3.05, 3.63) is 15.6 Å². The number of thiazole rings is 1. The standard InChI is InChI=1S/C14H23N3O3S/c1-6-20-14(19)13-10(4)16-12(21-13)8-17(5)7-11(18)15-9(2)3/h9H,6-8H2,1-5H3,(H,15,18)/p+1. The Kier molecular flexibility index (Phi) is 6.77. The van der Waals surface area contributed by atoms with Crippen LogP contribution in [0, 0.1) is 6.92 Å². The second kappa shape index (κ2) is 8.09. The molecule has 0 fully saturated rings. The van der Waals surface area contributed by atoms with Gasteiger partial charge in [-0.05, 0) is 27.7 Å². The number of ether oxygens (including phenoxy) is 1. The number of esters is 1. The van der Waals surface area contributed by atoms with Gasteiger partial charge in [0.1, 0.15) is 16.4 Å². The van der Waals surface area contributed by atoms with Gasteiger partial charge in [-0.25, -0.2) is 9.78 Å². The Labute approximate surface area is 129 Å². The molecule has 1 aromatic rings. The lowest BCUT2D eigenvalue weighted by Crippen LogP contribution is -3.09. The average molecular weight is 314 g/mol. The summed E-state index contributed by atoms with van der Waals surface area (Å²) < 4.78 is 5.00. The van der Waals surface area contributed by atoms with Gasteiger partial charge in [-0.15, -0.1) is 11.3 Å². The van der Waals surface area contributed by atoms with Crippen LogP contribution in [0.3, 0.4) is 0 Å². The molecule has 0 aromatic carbocycles. The van der Waals surface area contributed by atoms with Gasteiger partial charge in [-0.2, -0.15) is 0 Å². The summed E-state index contributed by atoms with van der Waals surface area (Å²) in [6.07, 6.45) is 0. The van der Waals surface area contributed by atoms with E-state index in [4.69, 9.17) is 4.74 Å². The Morgan fingerprint density at radius 3 is 2.67 bits per heavy atom. The first kappa shape index (κ1) is 17.6. The first-order chi connectivity index (χ1) is 9.83. The molecule has 6 nitrogen and oxygen atoms in total. The van der Waals surface area contributed by atoms with Crippen LogP contribution in [0.2, 0.25) is 0 Å². The van der Waals surface area contributed by atoms with E-state index in [1.165, 1.54) is 11.3 Å². The third-order valence-corrected chi connectivity index (χ3v) is 3.80. The topological polar surface area (TPSA) is 72.7 Å². The minimum absolute atomic E-state index is 0.0152. The molecule has 1 rings (SSSR count). The van der Waals surface area contributed by atoms with Crippen LogP contribution >= 0.6 is 11.3 Å². The van der Waals surface area contributed by atoms with E-state index in [0.717, 1.165) is 9.91 Å². The van der Waals surface area contributed by atoms with Gasteiger partial charge in [0.15, 0.2) is 6.54 Å². The van der Waals surface area contributed by atoms with Crippen LogP contribution in [-0.2, 0) is 16.1 Å². The number of likely N-dealkylation sites (N-methyl/N-ethyl adjacent to an activating group) is 1. The minimum Gasteiger partial charge on any atom is -0.462 e. The van der Waals surface area contributed by atoms with Crippen LogP contribution in [0.5, 0.6) is 0 Å². The fraction of sp³-hybridized carbons (Fsp3) is 0.643. The maximum atomic E-state index is 11.7. The number of nitrogens with one attached hydrogen (secondary N) is 2. The van der Waals surface area contributed by atoms with Crippen LogP contribution in [0.25, 0.3) is 0 Å². The first-order valence-electron chi connectivity index (χ1n) is 7.07. The summed E-state index contributed by atoms with van der Waals surface area (Å²) in [4.78, 5) is 29.4. The summed E-state index contributed by atoms with van der Waals surface area (Å²) in [5.41, 5.74) is 0.688. The van der Waals surface area contributed by atoms with Crippen molar-refractivity contribution >= 4 is 23.2 Å². The highest BCUT2D eigenvalue weighted by molar-refractivity contribution is 7.13. The third kappa shape index (κ3) is 5.81. The quantitative estimate of drug-likeness (QED) is 0.704. The largest absolute Gasteiger partial charge is 0.462 e. The zero-order valence-corrected chi connectivity index (χ0v) is 14.1. The van der Waals surface area contributed by atoms with E-state index in [1.807, 2.05) is 20.9 Å². The number of rotatable bonds is 7. The molecule has 0 aliphatic heterocycles. The number of carbonyl (C=O) groups excluding carboxylic acids is 2. The molecule has 1 unspecified atom stereocenters. The number of carbonyl (C=O) groups is 2. The molecule has 0 aliphatic carbocycles. The van der Waals surface area contributed by atoms with E-state index in [-0.39, 0.29) is 17.9 Å². The lowest BCUT2D eigenvalue weighted by molar-refractivity contribution is -0.885. The number of hydrogen-bond acceptors (Lipinski definition) is 5. The third-order valence-electron chi connectivity index (χ3n) is 2.67. The molecule has 0 bridgehead atoms. The van der Waals surface area contributed by atoms with Gasteiger partial charge < -0.3 is 15.0 Å². The minimum atomic E-state index is -0.325. The molecule has 1 aromatic heterocycles. The zero-order valence-electron chi connectivity index (χ0n) is 13.3. The predicted molar refractivity (Wildman–Crippen MR) is 81.5 cm³/mol. The molecule has 0 radical (unpaired) electrons. The van der Waals surface area contributed by atoms with Crippen molar-refractivity contribution in [2.75, 3.05) is 20.2 Å². The molecule has 118 valence electrons. The van der Waals surface area contributed by atoms with Crippen molar-refractivity contribution in [2.45, 2.75) is 40.3 Å². The molecular weight excluding hydrogens is 290 g/mol. The van der Waals surface area contributed by atoms with Crippen molar-refractivity contribution in [1.29, 1.82) is 0 Å². The fourth-order valence-electron chi connectivity index (χ4n) is 1.88. The van der Waals surface area contributed by atoms with E-state index in [2.05, 4.69) is 10.3 Å². The maximum Gasteiger partial charge on any atom is 0.350 e. The van der Waals surface area contributed by atoms with E-state index < -0.39 is 0 Å². The van der Waals surface area contributed by atoms with Crippen molar-refractivity contribution in [2.24, 2.45) is 0 Å². The van der Waals surface area contributed by atoms with Gasteiger partial charge >= 0.3 is 5.97 Å². The number of aromatic nitrogens is 1. The van der Waals surface area contributed by atoms with Crippen LogP contribution in [0.1, 0.15) is 41.1 Å². The SMILES string of the molecule is CCOC(=O)c1sc(C[NH+](C)CC(=O)NC(C)C)nc1C. The molecule has 1 atom stereocenters. The highest BCUT2D eigenvalue weighted by Crippen LogP contribution is 2.18. The Balaban J connectivity index is 2.61. The second-order valence-electron chi connectivity index (χ2n) is 5.28. The predicted octanol–water partition coefficient (Wildman–Crippen LogP) is 0.168. The van der Waals surface area contributed by atoms with Gasteiger partial charge in [-0.1, -0.05) is 0 Å². The normalized spacial score (nSPS) is 12.3. The van der Waals surface area contributed by atoms with E-state index in [1.54, 1.807) is 13.8 Å². The van der Waals surface area contributed by atoms with E-state index in [0.29, 0.717) is 30.3 Å². The summed E-state index contributed by atoms with van der Waals surface area (Å²) >= 11 is 1.34. The summed E-state index contributed by atoms with van der Waals surface area (Å²) in [6.45, 7) is 8.79. The number of quaternary nitrogens is 1. The van der Waals surface area contributed by atoms with Gasteiger partial charge in [0.05, 0.1) is 19.3 Å². The van der Waals surface area contributed by atoms with E-state index >= 15 is 0 Å². The molecule has 0 spiro atoms. The smallest absolute Gasteiger partial charge is 0.350 e. The average Bonchev–Trinajstić information content (AvgIpc) is 2.68. The number of hydrogen-bond donors (Lipinski definition) is 2. The van der Waals surface area contributed by atoms with Crippen molar-refractivity contribution < 1.29 is 19.2 Å². The monoisotopic (exact) mass is 314 g/mol. The fourth-order valence-corrected chi connectivity index (χ4v) is 2.95. The van der Waals surface area contributed by atoms with Gasteiger partial charge in [0.2, 0.25) is 0 Å². The molecule has 0 saturated heterocycles. The van der Waals surface area contributed by atoms with Crippen molar-refractivity contribution in [3.8, 4) is 0 Å².